The lowest BCUT2D eigenvalue weighted by molar-refractivity contribution is -0.0471. The molecule has 542 valence electrons. The normalized spacial score (nSPS) is 41.8. The summed E-state index contributed by atoms with van der Waals surface area (Å²) in [6, 6.07) is 0. The lowest BCUT2D eigenvalue weighted by Gasteiger charge is -2.41. The molecule has 1 saturated heterocycles. The largest absolute Gasteiger partial charge is 0.394 e. The minimum atomic E-state index is -0.195. The topological polar surface area (TPSA) is 77.4 Å². The molecule has 0 aromatic rings. The Labute approximate surface area is 574 Å². The Kier molecular flexibility index (Phi) is 40.6. The van der Waals surface area contributed by atoms with E-state index in [4.69, 9.17) is 18.9 Å². The standard InChI is InChI=1S/C86H162O6/c1-65-20-12-27-72(8)79-41-37-75(56-79)30-15-23-68(4)46-53-90-64-85(62-88)92-55-49-71(7)26-18-33-78-40-44-82(59-78)83-34-19-50-86(11,60-83)51-45-67(3)22-14-29-74(10)81-43-38-76(57-81)31-16-24-69(5)47-52-89-63-84(61-87)91-54-48-70(6)25-17-32-77-39-42-80(58-77)73(9)28-13-21-66(2)36-35-65/h65-85,87-88H,12-64H2,1-11H3. The minimum absolute atomic E-state index is 0.0520. The molecule has 2 N–H and O–H groups in total. The molecule has 0 spiro atoms. The van der Waals surface area contributed by atoms with Crippen LogP contribution in [0.2, 0.25) is 0 Å². The van der Waals surface area contributed by atoms with Crippen molar-refractivity contribution in [3.8, 4) is 0 Å². The highest BCUT2D eigenvalue weighted by Crippen LogP contribution is 2.51. The summed E-state index contributed by atoms with van der Waals surface area (Å²) in [5, 5.41) is 20.2. The van der Waals surface area contributed by atoms with E-state index in [1.807, 2.05) is 0 Å². The quantitative estimate of drug-likeness (QED) is 0.287. The summed E-state index contributed by atoms with van der Waals surface area (Å²) < 4.78 is 24.7. The van der Waals surface area contributed by atoms with E-state index in [0.29, 0.717) is 42.3 Å². The zero-order valence-electron chi connectivity index (χ0n) is 63.6. The van der Waals surface area contributed by atoms with E-state index in [-0.39, 0.29) is 25.4 Å². The molecule has 0 aromatic heterocycles. The smallest absolute Gasteiger partial charge is 0.104 e. The van der Waals surface area contributed by atoms with Gasteiger partial charge in [-0.1, -0.05) is 269 Å². The van der Waals surface area contributed by atoms with Gasteiger partial charge in [-0.25, -0.2) is 0 Å². The molecule has 6 rings (SSSR count). The van der Waals surface area contributed by atoms with Crippen LogP contribution in [0.4, 0.5) is 0 Å². The summed E-state index contributed by atoms with van der Waals surface area (Å²) >= 11 is 0. The van der Waals surface area contributed by atoms with Crippen molar-refractivity contribution in [2.45, 2.75) is 377 Å². The molecule has 0 aromatic carbocycles. The van der Waals surface area contributed by atoms with Gasteiger partial charge in [-0.2, -0.15) is 0 Å². The first-order valence-corrected chi connectivity index (χ1v) is 42.1. The Morgan fingerprint density at radius 1 is 0.283 bits per heavy atom. The fraction of sp³-hybridized carbons (Fsp3) is 1.00. The van der Waals surface area contributed by atoms with Gasteiger partial charge < -0.3 is 29.2 Å². The number of aliphatic hydroxyl groups excluding tert-OH is 2. The summed E-state index contributed by atoms with van der Waals surface area (Å²) in [6.07, 6.45) is 62.7. The fourth-order valence-electron chi connectivity index (χ4n) is 20.2. The summed E-state index contributed by atoms with van der Waals surface area (Å²) in [5.41, 5.74) is 0.567. The molecule has 0 radical (unpaired) electrons. The summed E-state index contributed by atoms with van der Waals surface area (Å²) in [5.74, 6) is 16.6. The average Bonchev–Trinajstić information content (AvgIpc) is 2.07. The van der Waals surface area contributed by atoms with Crippen LogP contribution in [-0.2, 0) is 18.9 Å². The summed E-state index contributed by atoms with van der Waals surface area (Å²) in [6.45, 7) is 32.0. The van der Waals surface area contributed by atoms with Gasteiger partial charge in [0.05, 0.1) is 26.4 Å². The van der Waals surface area contributed by atoms with Gasteiger partial charge in [-0.3, -0.25) is 0 Å². The van der Waals surface area contributed by atoms with Crippen LogP contribution in [0.5, 0.6) is 0 Å². The Balaban J connectivity index is 0.865. The summed E-state index contributed by atoms with van der Waals surface area (Å²) in [4.78, 5) is 0. The van der Waals surface area contributed by atoms with Gasteiger partial charge in [0, 0.05) is 26.4 Å². The Bertz CT molecular complexity index is 1790. The van der Waals surface area contributed by atoms with Crippen LogP contribution < -0.4 is 0 Å². The zero-order valence-corrected chi connectivity index (χ0v) is 63.6. The van der Waals surface area contributed by atoms with E-state index in [0.717, 1.165) is 141 Å². The molecule has 5 saturated carbocycles. The molecular weight excluding hydrogens is 1130 g/mol. The van der Waals surface area contributed by atoms with Gasteiger partial charge in [0.15, 0.2) is 0 Å². The van der Waals surface area contributed by atoms with Gasteiger partial charge in [-0.05, 0) is 214 Å². The third kappa shape index (κ3) is 32.8. The highest BCUT2D eigenvalue weighted by molar-refractivity contribution is 4.90. The maximum absolute atomic E-state index is 10.1. The van der Waals surface area contributed by atoms with Gasteiger partial charge in [0.2, 0.25) is 0 Å². The maximum Gasteiger partial charge on any atom is 0.104 e. The average molecular weight is 1290 g/mol. The lowest BCUT2D eigenvalue weighted by atomic mass is 9.64. The van der Waals surface area contributed by atoms with Crippen molar-refractivity contribution in [3.63, 3.8) is 0 Å². The second kappa shape index (κ2) is 46.2. The van der Waals surface area contributed by atoms with E-state index in [2.05, 4.69) is 76.2 Å². The number of rotatable bonds is 2. The van der Waals surface area contributed by atoms with Crippen LogP contribution in [0.1, 0.15) is 365 Å². The van der Waals surface area contributed by atoms with Gasteiger partial charge in [-0.15, -0.1) is 0 Å². The molecule has 0 amide bonds. The number of hydrogen-bond donors (Lipinski definition) is 2. The first-order chi connectivity index (χ1) is 44.5. The van der Waals surface area contributed by atoms with E-state index < -0.39 is 0 Å². The van der Waals surface area contributed by atoms with Crippen LogP contribution in [0.25, 0.3) is 0 Å². The van der Waals surface area contributed by atoms with Crippen molar-refractivity contribution in [1.29, 1.82) is 0 Å². The van der Waals surface area contributed by atoms with Crippen LogP contribution in [0, 0.1) is 118 Å². The van der Waals surface area contributed by atoms with Gasteiger partial charge >= 0.3 is 0 Å². The number of hydrogen-bond acceptors (Lipinski definition) is 6. The minimum Gasteiger partial charge on any atom is -0.394 e. The molecule has 22 unspecified atom stereocenters. The molecule has 6 heteroatoms. The van der Waals surface area contributed by atoms with E-state index in [9.17, 15) is 10.2 Å². The van der Waals surface area contributed by atoms with Crippen LogP contribution >= 0.6 is 0 Å². The molecule has 22 atom stereocenters. The Hall–Kier alpha value is -0.240. The molecule has 10 bridgehead atoms. The predicted molar refractivity (Wildman–Crippen MR) is 394 cm³/mol. The van der Waals surface area contributed by atoms with Crippen molar-refractivity contribution in [1.82, 2.24) is 0 Å². The van der Waals surface area contributed by atoms with Crippen LogP contribution in [0.3, 0.4) is 0 Å². The van der Waals surface area contributed by atoms with Crippen molar-refractivity contribution in [2.24, 2.45) is 118 Å². The van der Waals surface area contributed by atoms with Crippen molar-refractivity contribution in [3.05, 3.63) is 0 Å². The molecule has 5 aliphatic carbocycles. The zero-order chi connectivity index (χ0) is 65.9. The predicted octanol–water partition coefficient (Wildman–Crippen LogP) is 24.3. The van der Waals surface area contributed by atoms with E-state index in [1.54, 1.807) is 0 Å². The van der Waals surface area contributed by atoms with Crippen molar-refractivity contribution < 1.29 is 29.2 Å². The third-order valence-corrected chi connectivity index (χ3v) is 27.7. The monoisotopic (exact) mass is 1290 g/mol. The number of fused-ring (bicyclic) bond motifs is 11. The van der Waals surface area contributed by atoms with E-state index >= 15 is 0 Å². The number of ether oxygens (including phenoxy) is 4. The molecule has 6 aliphatic rings. The second-order valence-electron chi connectivity index (χ2n) is 36.4. The molecule has 6 fully saturated rings. The molecule has 1 heterocycles. The van der Waals surface area contributed by atoms with Crippen molar-refractivity contribution in [2.75, 3.05) is 52.9 Å². The highest BCUT2D eigenvalue weighted by atomic mass is 16.5. The van der Waals surface area contributed by atoms with E-state index in [1.165, 1.54) is 263 Å². The summed E-state index contributed by atoms with van der Waals surface area (Å²) in [7, 11) is 0. The lowest BCUT2D eigenvalue weighted by Crippen LogP contribution is -2.29. The fourth-order valence-corrected chi connectivity index (χ4v) is 20.2. The van der Waals surface area contributed by atoms with Gasteiger partial charge in [0.25, 0.3) is 0 Å². The molecular formula is C86H162O6. The first kappa shape index (κ1) is 80.7. The Morgan fingerprint density at radius 3 is 0.967 bits per heavy atom. The molecule has 6 nitrogen and oxygen atoms in total. The Morgan fingerprint density at radius 2 is 0.598 bits per heavy atom. The van der Waals surface area contributed by atoms with Crippen molar-refractivity contribution >= 4 is 0 Å². The highest BCUT2D eigenvalue weighted by Gasteiger charge is 2.39. The third-order valence-electron chi connectivity index (χ3n) is 27.7. The first-order valence-electron chi connectivity index (χ1n) is 42.1. The van der Waals surface area contributed by atoms with Gasteiger partial charge in [0.1, 0.15) is 12.2 Å². The number of aliphatic hydroxyl groups is 2. The van der Waals surface area contributed by atoms with Crippen LogP contribution in [0.15, 0.2) is 0 Å². The molecule has 1 aliphatic heterocycles. The SMILES string of the molecule is CC1CCCC2CCC(C2)C(C)CCCC(C)CCC(C)CCCC(C)C2CCC(CCCC(C)CCOC(CO)COCCC(C)CCCC3CCC(C3)C(C)CCCC(C)CCC3(C)CCCC(C3)C3CCC(CCCC(C)CCOC(CO)COCC1)C3)C2. The second-order valence-corrected chi connectivity index (χ2v) is 36.4. The van der Waals surface area contributed by atoms with Crippen LogP contribution in [-0.4, -0.2) is 75.3 Å². The maximum atomic E-state index is 10.1. The molecule has 92 heavy (non-hydrogen) atoms.